The van der Waals surface area contributed by atoms with Crippen LogP contribution in [0.15, 0.2) is 42.7 Å². The maximum atomic E-state index is 5.90. The van der Waals surface area contributed by atoms with Crippen molar-refractivity contribution in [2.24, 2.45) is 0 Å². The molecule has 2 bridgehead atoms. The Kier molecular flexibility index (Phi) is 3.35. The van der Waals surface area contributed by atoms with Crippen molar-refractivity contribution in [1.29, 1.82) is 0 Å². The van der Waals surface area contributed by atoms with Gasteiger partial charge in [0.2, 0.25) is 0 Å². The summed E-state index contributed by atoms with van der Waals surface area (Å²) in [5, 5.41) is 3.52. The van der Waals surface area contributed by atoms with Gasteiger partial charge in [-0.2, -0.15) is 0 Å². The van der Waals surface area contributed by atoms with E-state index in [4.69, 9.17) is 9.47 Å². The van der Waals surface area contributed by atoms with Crippen LogP contribution in [0.1, 0.15) is 6.42 Å². The molecule has 4 rings (SSSR count). The number of anilines is 1. The summed E-state index contributed by atoms with van der Waals surface area (Å²) in [5.74, 6) is 2.36. The number of nitrogens with zero attached hydrogens (tertiary/aromatic N) is 2. The molecule has 22 heavy (non-hydrogen) atoms. The van der Waals surface area contributed by atoms with Crippen molar-refractivity contribution >= 4 is 5.69 Å². The summed E-state index contributed by atoms with van der Waals surface area (Å²) in [6.45, 7) is 2.12. The van der Waals surface area contributed by atoms with Crippen LogP contribution in [0.3, 0.4) is 0 Å². The van der Waals surface area contributed by atoms with Crippen LogP contribution >= 0.6 is 0 Å². The monoisotopic (exact) mass is 297 g/mol. The van der Waals surface area contributed by atoms with E-state index in [2.05, 4.69) is 21.3 Å². The Morgan fingerprint density at radius 3 is 2.64 bits per heavy atom. The fourth-order valence-electron chi connectivity index (χ4n) is 3.28. The lowest BCUT2D eigenvalue weighted by Gasteiger charge is -2.29. The van der Waals surface area contributed by atoms with E-state index in [1.54, 1.807) is 13.3 Å². The van der Waals surface area contributed by atoms with Crippen LogP contribution < -0.4 is 19.7 Å². The lowest BCUT2D eigenvalue weighted by molar-refractivity contribution is 0.412. The minimum atomic E-state index is 0.586. The van der Waals surface area contributed by atoms with E-state index in [0.29, 0.717) is 12.1 Å². The highest BCUT2D eigenvalue weighted by molar-refractivity contribution is 5.52. The summed E-state index contributed by atoms with van der Waals surface area (Å²) in [6.07, 6.45) is 4.89. The number of hydrogen-bond acceptors (Lipinski definition) is 5. The highest BCUT2D eigenvalue weighted by Crippen LogP contribution is 2.32. The average Bonchev–Trinajstić information content (AvgIpc) is 3.19. The number of fused-ring (bicyclic) bond motifs is 2. The third kappa shape index (κ3) is 2.48. The van der Waals surface area contributed by atoms with E-state index in [-0.39, 0.29) is 0 Å². The molecular formula is C17H19N3O2. The highest BCUT2D eigenvalue weighted by Gasteiger charge is 2.37. The summed E-state index contributed by atoms with van der Waals surface area (Å²) in [5.41, 5.74) is 1.14. The number of piperazine rings is 1. The molecule has 5 heteroatoms. The molecule has 1 N–H and O–H groups in total. The minimum Gasteiger partial charge on any atom is -0.497 e. The summed E-state index contributed by atoms with van der Waals surface area (Å²) in [4.78, 5) is 6.76. The Morgan fingerprint density at radius 2 is 1.95 bits per heavy atom. The van der Waals surface area contributed by atoms with Crippen LogP contribution in [0.5, 0.6) is 17.2 Å². The van der Waals surface area contributed by atoms with E-state index < -0.39 is 0 Å². The Hall–Kier alpha value is -2.27. The maximum Gasteiger partial charge on any atom is 0.147 e. The number of benzene rings is 1. The third-order valence-electron chi connectivity index (χ3n) is 4.38. The smallest absolute Gasteiger partial charge is 0.147 e. The van der Waals surface area contributed by atoms with Gasteiger partial charge in [-0.3, -0.25) is 4.98 Å². The van der Waals surface area contributed by atoms with Crippen molar-refractivity contribution in [2.75, 3.05) is 25.1 Å². The Labute approximate surface area is 129 Å². The van der Waals surface area contributed by atoms with Gasteiger partial charge in [0.25, 0.3) is 0 Å². The zero-order valence-corrected chi connectivity index (χ0v) is 12.5. The molecule has 2 aliphatic heterocycles. The van der Waals surface area contributed by atoms with E-state index in [1.165, 1.54) is 6.42 Å². The van der Waals surface area contributed by atoms with E-state index in [1.807, 2.05) is 30.5 Å². The molecule has 0 amide bonds. The number of ether oxygens (including phenoxy) is 2. The van der Waals surface area contributed by atoms with Crippen LogP contribution in [0.25, 0.3) is 0 Å². The predicted octanol–water partition coefficient (Wildman–Crippen LogP) is 2.43. The van der Waals surface area contributed by atoms with E-state index >= 15 is 0 Å². The largest absolute Gasteiger partial charge is 0.497 e. The molecule has 2 unspecified atom stereocenters. The molecule has 0 radical (unpaired) electrons. The van der Waals surface area contributed by atoms with Gasteiger partial charge in [-0.1, -0.05) is 0 Å². The van der Waals surface area contributed by atoms with Gasteiger partial charge in [0.05, 0.1) is 25.2 Å². The Bertz CT molecular complexity index is 659. The van der Waals surface area contributed by atoms with E-state index in [9.17, 15) is 0 Å². The van der Waals surface area contributed by atoms with E-state index in [0.717, 1.165) is 36.0 Å². The highest BCUT2D eigenvalue weighted by atomic mass is 16.5. The second-order valence-electron chi connectivity index (χ2n) is 5.80. The molecule has 1 aromatic carbocycles. The summed E-state index contributed by atoms with van der Waals surface area (Å²) in [7, 11) is 1.65. The number of rotatable bonds is 4. The standard InChI is InChI=1S/C17H19N3O2/c1-21-15-2-4-16(5-3-15)22-17-7-14(8-18-10-17)20-11-12-6-13(20)9-19-12/h2-5,7-8,10,12-13,19H,6,9,11H2,1H3. The zero-order chi connectivity index (χ0) is 14.9. The fourth-order valence-corrected chi connectivity index (χ4v) is 3.28. The molecule has 2 atom stereocenters. The number of hydrogen-bond donors (Lipinski definition) is 1. The van der Waals surface area contributed by atoms with Crippen molar-refractivity contribution in [2.45, 2.75) is 18.5 Å². The first-order valence-electron chi connectivity index (χ1n) is 7.59. The lowest BCUT2D eigenvalue weighted by atomic mass is 10.2. The topological polar surface area (TPSA) is 46.6 Å². The normalized spacial score (nSPS) is 22.9. The van der Waals surface area contributed by atoms with Gasteiger partial charge >= 0.3 is 0 Å². The number of nitrogens with one attached hydrogen (secondary N) is 1. The van der Waals surface area contributed by atoms with Crippen molar-refractivity contribution in [3.05, 3.63) is 42.7 Å². The quantitative estimate of drug-likeness (QED) is 0.939. The first-order chi connectivity index (χ1) is 10.8. The van der Waals surface area contributed by atoms with Gasteiger partial charge in [0, 0.05) is 31.2 Å². The fraction of sp³-hybridized carbons (Fsp3) is 0.353. The molecule has 114 valence electrons. The summed E-state index contributed by atoms with van der Waals surface area (Å²) in [6, 6.07) is 10.8. The average molecular weight is 297 g/mol. The van der Waals surface area contributed by atoms with Crippen molar-refractivity contribution in [3.63, 3.8) is 0 Å². The molecule has 2 aromatic rings. The van der Waals surface area contributed by atoms with Gasteiger partial charge in [-0.25, -0.2) is 0 Å². The minimum absolute atomic E-state index is 0.586. The van der Waals surface area contributed by atoms with Crippen LogP contribution in [-0.2, 0) is 0 Å². The van der Waals surface area contributed by atoms with Gasteiger partial charge in [0.1, 0.15) is 17.2 Å². The molecular weight excluding hydrogens is 278 g/mol. The first kappa shape index (κ1) is 13.4. The molecule has 1 aromatic heterocycles. The second kappa shape index (κ2) is 5.50. The number of aromatic nitrogens is 1. The molecule has 2 aliphatic rings. The molecule has 5 nitrogen and oxygen atoms in total. The van der Waals surface area contributed by atoms with Crippen LogP contribution in [0, 0.1) is 0 Å². The third-order valence-corrected chi connectivity index (χ3v) is 4.38. The van der Waals surface area contributed by atoms with Crippen LogP contribution in [0.4, 0.5) is 5.69 Å². The lowest BCUT2D eigenvalue weighted by Crippen LogP contribution is -2.43. The van der Waals surface area contributed by atoms with Crippen LogP contribution in [0.2, 0.25) is 0 Å². The summed E-state index contributed by atoms with van der Waals surface area (Å²) >= 11 is 0. The first-order valence-corrected chi connectivity index (χ1v) is 7.59. The van der Waals surface area contributed by atoms with Crippen LogP contribution in [-0.4, -0.2) is 37.3 Å². The predicted molar refractivity (Wildman–Crippen MR) is 84.8 cm³/mol. The molecule has 0 aliphatic carbocycles. The maximum absolute atomic E-state index is 5.90. The molecule has 0 saturated carbocycles. The van der Waals surface area contributed by atoms with Crippen molar-refractivity contribution in [3.8, 4) is 17.2 Å². The molecule has 0 spiro atoms. The number of pyridine rings is 1. The molecule has 2 fully saturated rings. The van der Waals surface area contributed by atoms with Gasteiger partial charge < -0.3 is 19.7 Å². The van der Waals surface area contributed by atoms with Crippen molar-refractivity contribution < 1.29 is 9.47 Å². The Morgan fingerprint density at radius 1 is 1.14 bits per heavy atom. The van der Waals surface area contributed by atoms with Gasteiger partial charge in [0.15, 0.2) is 0 Å². The zero-order valence-electron chi connectivity index (χ0n) is 12.5. The SMILES string of the molecule is COc1ccc(Oc2cncc(N3CC4CC3CN4)c2)cc1. The molecule has 3 heterocycles. The number of methoxy groups -OCH3 is 1. The second-order valence-corrected chi connectivity index (χ2v) is 5.80. The molecule has 2 saturated heterocycles. The van der Waals surface area contributed by atoms with Gasteiger partial charge in [-0.15, -0.1) is 0 Å². The van der Waals surface area contributed by atoms with Gasteiger partial charge in [-0.05, 0) is 30.7 Å². The Balaban J connectivity index is 1.51. The summed E-state index contributed by atoms with van der Waals surface area (Å²) < 4.78 is 11.1. The van der Waals surface area contributed by atoms with Crippen molar-refractivity contribution in [1.82, 2.24) is 10.3 Å².